The number of hydrogen-bond donors (Lipinski definition) is 2. The summed E-state index contributed by atoms with van der Waals surface area (Å²) in [5, 5.41) is 13.5. The van der Waals surface area contributed by atoms with E-state index in [9.17, 15) is 5.11 Å². The first kappa shape index (κ1) is 15.9. The highest BCUT2D eigenvalue weighted by Crippen LogP contribution is 2.28. The average molecular weight is 350 g/mol. The molecule has 0 amide bonds. The van der Waals surface area contributed by atoms with Crippen LogP contribution < -0.4 is 10.1 Å². The smallest absolute Gasteiger partial charge is 0.134 e. The Labute approximate surface area is 134 Å². The highest BCUT2D eigenvalue weighted by Gasteiger charge is 2.11. The summed E-state index contributed by atoms with van der Waals surface area (Å²) in [6.07, 6.45) is 0.973. The highest BCUT2D eigenvalue weighted by atomic mass is 79.9. The van der Waals surface area contributed by atoms with E-state index in [1.807, 2.05) is 30.3 Å². The number of ether oxygens (including phenoxy) is 1. The first-order chi connectivity index (χ1) is 10.2. The molecule has 0 radical (unpaired) electrons. The third-order valence-corrected chi connectivity index (χ3v) is 4.18. The van der Waals surface area contributed by atoms with E-state index in [-0.39, 0.29) is 6.04 Å². The fourth-order valence-electron chi connectivity index (χ4n) is 2.27. The second-order valence-electron chi connectivity index (χ2n) is 4.86. The molecule has 3 nitrogen and oxygen atoms in total. The number of para-hydroxylation sites is 1. The average Bonchev–Trinajstić information content (AvgIpc) is 2.52. The topological polar surface area (TPSA) is 41.5 Å². The molecule has 112 valence electrons. The predicted molar refractivity (Wildman–Crippen MR) is 88.7 cm³/mol. The molecule has 4 heteroatoms. The molecule has 0 fully saturated rings. The van der Waals surface area contributed by atoms with E-state index in [1.54, 1.807) is 7.11 Å². The maximum absolute atomic E-state index is 10.0. The molecular formula is C17H20BrNO2. The summed E-state index contributed by atoms with van der Waals surface area (Å²) in [7, 11) is 1.67. The summed E-state index contributed by atoms with van der Waals surface area (Å²) in [5.74, 6) is 1.16. The highest BCUT2D eigenvalue weighted by molar-refractivity contribution is 9.10. The maximum atomic E-state index is 10.0. The number of methoxy groups -OCH3 is 1. The van der Waals surface area contributed by atoms with Gasteiger partial charge in [-0.25, -0.2) is 0 Å². The van der Waals surface area contributed by atoms with Crippen molar-refractivity contribution in [2.75, 3.05) is 7.11 Å². The summed E-state index contributed by atoms with van der Waals surface area (Å²) in [4.78, 5) is 0. The molecule has 0 saturated heterocycles. The zero-order valence-corrected chi connectivity index (χ0v) is 13.9. The zero-order chi connectivity index (χ0) is 15.2. The number of phenols is 1. The number of nitrogens with one attached hydrogen (secondary N) is 1. The molecule has 0 spiro atoms. The summed E-state index contributed by atoms with van der Waals surface area (Å²) in [5.41, 5.74) is 2.10. The van der Waals surface area contributed by atoms with Gasteiger partial charge in [-0.3, -0.25) is 0 Å². The second kappa shape index (κ2) is 7.48. The molecule has 1 atom stereocenters. The third kappa shape index (κ3) is 3.99. The number of halogens is 1. The van der Waals surface area contributed by atoms with Gasteiger partial charge in [-0.15, -0.1) is 0 Å². The fourth-order valence-corrected chi connectivity index (χ4v) is 2.68. The van der Waals surface area contributed by atoms with Crippen LogP contribution in [-0.2, 0) is 6.54 Å². The molecule has 0 aliphatic carbocycles. The SMILES string of the molecule is CCC(NCc1cccc(Br)c1O)c1ccc(OC)cc1. The number of benzene rings is 2. The second-order valence-corrected chi connectivity index (χ2v) is 5.72. The van der Waals surface area contributed by atoms with Crippen LogP contribution in [0.15, 0.2) is 46.9 Å². The van der Waals surface area contributed by atoms with Crippen molar-refractivity contribution in [3.63, 3.8) is 0 Å². The molecule has 2 N–H and O–H groups in total. The monoisotopic (exact) mass is 349 g/mol. The molecule has 0 bridgehead atoms. The molecule has 0 heterocycles. The lowest BCUT2D eigenvalue weighted by atomic mass is 10.0. The Bertz CT molecular complexity index is 584. The quantitative estimate of drug-likeness (QED) is 0.811. The predicted octanol–water partition coefficient (Wildman–Crippen LogP) is 4.40. The van der Waals surface area contributed by atoms with Gasteiger partial charge in [0.2, 0.25) is 0 Å². The van der Waals surface area contributed by atoms with Crippen LogP contribution in [0.3, 0.4) is 0 Å². The van der Waals surface area contributed by atoms with Gasteiger partial charge in [-0.1, -0.05) is 31.2 Å². The van der Waals surface area contributed by atoms with E-state index in [2.05, 4.69) is 40.3 Å². The van der Waals surface area contributed by atoms with Crippen LogP contribution in [0.2, 0.25) is 0 Å². The van der Waals surface area contributed by atoms with Crippen molar-refractivity contribution in [1.82, 2.24) is 5.32 Å². The number of rotatable bonds is 6. The molecule has 0 saturated carbocycles. The fraction of sp³-hybridized carbons (Fsp3) is 0.294. The molecule has 0 aromatic heterocycles. The van der Waals surface area contributed by atoms with E-state index < -0.39 is 0 Å². The van der Waals surface area contributed by atoms with Gasteiger partial charge in [-0.05, 0) is 46.1 Å². The van der Waals surface area contributed by atoms with Crippen molar-refractivity contribution < 1.29 is 9.84 Å². The van der Waals surface area contributed by atoms with Gasteiger partial charge in [-0.2, -0.15) is 0 Å². The van der Waals surface area contributed by atoms with Gasteiger partial charge >= 0.3 is 0 Å². The first-order valence-electron chi connectivity index (χ1n) is 6.99. The number of phenolic OH excluding ortho intramolecular Hbond substituents is 1. The number of aromatic hydroxyl groups is 1. The van der Waals surface area contributed by atoms with Crippen molar-refractivity contribution in [1.29, 1.82) is 0 Å². The van der Waals surface area contributed by atoms with E-state index in [0.717, 1.165) is 22.2 Å². The lowest BCUT2D eigenvalue weighted by molar-refractivity contribution is 0.414. The largest absolute Gasteiger partial charge is 0.506 e. The van der Waals surface area contributed by atoms with Crippen LogP contribution in [0.5, 0.6) is 11.5 Å². The van der Waals surface area contributed by atoms with Gasteiger partial charge in [0.1, 0.15) is 11.5 Å². The molecule has 2 aromatic carbocycles. The van der Waals surface area contributed by atoms with Gasteiger partial charge in [0.05, 0.1) is 11.6 Å². The Hall–Kier alpha value is -1.52. The summed E-state index contributed by atoms with van der Waals surface area (Å²) in [6, 6.07) is 14.0. The zero-order valence-electron chi connectivity index (χ0n) is 12.3. The number of hydrogen-bond acceptors (Lipinski definition) is 3. The van der Waals surface area contributed by atoms with Crippen LogP contribution in [0.25, 0.3) is 0 Å². The maximum Gasteiger partial charge on any atom is 0.134 e. The van der Waals surface area contributed by atoms with Crippen molar-refractivity contribution in [2.45, 2.75) is 25.9 Å². The summed E-state index contributed by atoms with van der Waals surface area (Å²) in [6.45, 7) is 2.76. The van der Waals surface area contributed by atoms with E-state index in [4.69, 9.17) is 4.74 Å². The Morgan fingerprint density at radius 1 is 1.19 bits per heavy atom. The van der Waals surface area contributed by atoms with Crippen LogP contribution in [0.1, 0.15) is 30.5 Å². The Kier molecular flexibility index (Phi) is 5.65. The molecular weight excluding hydrogens is 330 g/mol. The summed E-state index contributed by atoms with van der Waals surface area (Å²) < 4.78 is 5.90. The standard InChI is InChI=1S/C17H20BrNO2/c1-3-16(12-7-9-14(21-2)10-8-12)19-11-13-5-4-6-15(18)17(13)20/h4-10,16,19-20H,3,11H2,1-2H3. The normalized spacial score (nSPS) is 12.1. The van der Waals surface area contributed by atoms with Gasteiger partial charge in [0.25, 0.3) is 0 Å². The molecule has 1 unspecified atom stereocenters. The van der Waals surface area contributed by atoms with Crippen molar-refractivity contribution in [3.05, 3.63) is 58.1 Å². The van der Waals surface area contributed by atoms with Crippen molar-refractivity contribution in [3.8, 4) is 11.5 Å². The molecule has 2 aromatic rings. The van der Waals surface area contributed by atoms with Crippen LogP contribution >= 0.6 is 15.9 Å². The van der Waals surface area contributed by atoms with Crippen molar-refractivity contribution >= 4 is 15.9 Å². The van der Waals surface area contributed by atoms with Crippen LogP contribution in [0, 0.1) is 0 Å². The lowest BCUT2D eigenvalue weighted by Crippen LogP contribution is -2.20. The first-order valence-corrected chi connectivity index (χ1v) is 7.78. The molecule has 2 rings (SSSR count). The third-order valence-electron chi connectivity index (χ3n) is 3.54. The Morgan fingerprint density at radius 2 is 1.90 bits per heavy atom. The van der Waals surface area contributed by atoms with Gasteiger partial charge in [0, 0.05) is 18.2 Å². The van der Waals surface area contributed by atoms with Gasteiger partial charge < -0.3 is 15.2 Å². The van der Waals surface area contributed by atoms with Crippen molar-refractivity contribution in [2.24, 2.45) is 0 Å². The Balaban J connectivity index is 2.06. The molecule has 0 aliphatic rings. The minimum absolute atomic E-state index is 0.245. The van der Waals surface area contributed by atoms with E-state index >= 15 is 0 Å². The van der Waals surface area contributed by atoms with E-state index in [1.165, 1.54) is 5.56 Å². The van der Waals surface area contributed by atoms with E-state index in [0.29, 0.717) is 12.3 Å². The van der Waals surface area contributed by atoms with Crippen LogP contribution in [0.4, 0.5) is 0 Å². The van der Waals surface area contributed by atoms with Crippen LogP contribution in [-0.4, -0.2) is 12.2 Å². The lowest BCUT2D eigenvalue weighted by Gasteiger charge is -2.18. The molecule has 0 aliphatic heterocycles. The minimum Gasteiger partial charge on any atom is -0.506 e. The Morgan fingerprint density at radius 3 is 2.52 bits per heavy atom. The molecule has 21 heavy (non-hydrogen) atoms. The van der Waals surface area contributed by atoms with Gasteiger partial charge in [0.15, 0.2) is 0 Å². The minimum atomic E-state index is 0.245. The summed E-state index contributed by atoms with van der Waals surface area (Å²) >= 11 is 3.34.